The molecule has 0 heterocycles. The topological polar surface area (TPSA) is 90.5 Å². The van der Waals surface area contributed by atoms with Gasteiger partial charge in [0.05, 0.1) is 12.6 Å². The molecule has 1 unspecified atom stereocenters. The molecule has 16 heavy (non-hydrogen) atoms. The summed E-state index contributed by atoms with van der Waals surface area (Å²) in [6.45, 7) is 1.62. The van der Waals surface area contributed by atoms with E-state index in [0.717, 1.165) is 0 Å². The minimum Gasteiger partial charge on any atom is -0.348 e. The molecule has 0 rings (SSSR count). The summed E-state index contributed by atoms with van der Waals surface area (Å²) >= 11 is 0. The van der Waals surface area contributed by atoms with Gasteiger partial charge in [0.2, 0.25) is 11.8 Å². The van der Waals surface area contributed by atoms with Gasteiger partial charge in [-0.15, -0.1) is 0 Å². The van der Waals surface area contributed by atoms with E-state index in [1.54, 1.807) is 21.0 Å². The molecule has 0 fully saturated rings. The fraction of sp³-hybridized carbons (Fsp3) is 0.667. The molecule has 92 valence electrons. The molecule has 0 saturated carbocycles. The van der Waals surface area contributed by atoms with Gasteiger partial charge in [0, 0.05) is 21.1 Å². The maximum absolute atomic E-state index is 11.3. The van der Waals surface area contributed by atoms with Crippen molar-refractivity contribution >= 4 is 17.8 Å². The van der Waals surface area contributed by atoms with Gasteiger partial charge in [-0.25, -0.2) is 4.79 Å². The van der Waals surface area contributed by atoms with E-state index in [-0.39, 0.29) is 12.5 Å². The Balaban J connectivity index is 3.97. The number of likely N-dealkylation sites (N-methyl/N-ethyl adjacent to an activating group) is 1. The number of nitrogens with one attached hydrogen (secondary N) is 3. The lowest BCUT2D eigenvalue weighted by Crippen LogP contribution is -2.49. The Kier molecular flexibility index (Phi) is 6.09. The third-order valence-electron chi connectivity index (χ3n) is 1.92. The van der Waals surface area contributed by atoms with Crippen LogP contribution in [0.15, 0.2) is 0 Å². The summed E-state index contributed by atoms with van der Waals surface area (Å²) in [6.07, 6.45) is 0. The SMILES string of the molecule is CNC(=O)NC(=O)C(C)NCC(=O)N(C)C. The van der Waals surface area contributed by atoms with Crippen molar-refractivity contribution in [2.75, 3.05) is 27.7 Å². The molecule has 3 N–H and O–H groups in total. The minimum atomic E-state index is -0.610. The van der Waals surface area contributed by atoms with Gasteiger partial charge in [-0.2, -0.15) is 0 Å². The van der Waals surface area contributed by atoms with Crippen molar-refractivity contribution in [1.29, 1.82) is 0 Å². The van der Waals surface area contributed by atoms with Crippen LogP contribution in [0, 0.1) is 0 Å². The molecule has 7 nitrogen and oxygen atoms in total. The monoisotopic (exact) mass is 230 g/mol. The number of carbonyl (C=O) groups is 3. The third-order valence-corrected chi connectivity index (χ3v) is 1.92. The van der Waals surface area contributed by atoms with E-state index in [1.165, 1.54) is 11.9 Å². The van der Waals surface area contributed by atoms with E-state index in [1.807, 2.05) is 0 Å². The Hall–Kier alpha value is -1.63. The lowest BCUT2D eigenvalue weighted by Gasteiger charge is -2.15. The Morgan fingerprint density at radius 3 is 2.25 bits per heavy atom. The van der Waals surface area contributed by atoms with E-state index in [0.29, 0.717) is 0 Å². The second-order valence-corrected chi connectivity index (χ2v) is 3.46. The third kappa shape index (κ3) is 5.30. The molecule has 0 aromatic rings. The van der Waals surface area contributed by atoms with Crippen LogP contribution in [0.5, 0.6) is 0 Å². The molecule has 0 bridgehead atoms. The van der Waals surface area contributed by atoms with Gasteiger partial charge in [0.1, 0.15) is 0 Å². The smallest absolute Gasteiger partial charge is 0.321 e. The van der Waals surface area contributed by atoms with Gasteiger partial charge in [0.15, 0.2) is 0 Å². The molecule has 0 aliphatic heterocycles. The summed E-state index contributed by atoms with van der Waals surface area (Å²) in [7, 11) is 4.66. The highest BCUT2D eigenvalue weighted by molar-refractivity contribution is 5.96. The van der Waals surface area contributed by atoms with Crippen LogP contribution in [-0.4, -0.2) is 56.5 Å². The van der Waals surface area contributed by atoms with Crippen molar-refractivity contribution < 1.29 is 14.4 Å². The number of rotatable bonds is 4. The van der Waals surface area contributed by atoms with Crippen LogP contribution in [0.1, 0.15) is 6.92 Å². The van der Waals surface area contributed by atoms with E-state index >= 15 is 0 Å². The first-order valence-corrected chi connectivity index (χ1v) is 4.84. The summed E-state index contributed by atoms with van der Waals surface area (Å²) in [4.78, 5) is 34.8. The number of imide groups is 1. The first-order chi connectivity index (χ1) is 7.38. The number of urea groups is 1. The summed E-state index contributed by atoms with van der Waals surface area (Å²) in [5.74, 6) is -0.620. The molecule has 0 aliphatic carbocycles. The molecule has 0 saturated heterocycles. The fourth-order valence-corrected chi connectivity index (χ4v) is 0.774. The Morgan fingerprint density at radius 2 is 1.81 bits per heavy atom. The van der Waals surface area contributed by atoms with E-state index in [2.05, 4.69) is 16.0 Å². The Bertz CT molecular complexity index is 278. The summed E-state index contributed by atoms with van der Waals surface area (Å²) in [6, 6.07) is -1.18. The lowest BCUT2D eigenvalue weighted by molar-refractivity contribution is -0.128. The number of amides is 4. The van der Waals surface area contributed by atoms with Crippen molar-refractivity contribution in [3.8, 4) is 0 Å². The van der Waals surface area contributed by atoms with Gasteiger partial charge >= 0.3 is 6.03 Å². The molecule has 0 aromatic carbocycles. The van der Waals surface area contributed by atoms with Crippen LogP contribution in [0.4, 0.5) is 4.79 Å². The predicted octanol–water partition coefficient (Wildman–Crippen LogP) is -1.49. The molecule has 0 aromatic heterocycles. The molecule has 4 amide bonds. The number of carbonyl (C=O) groups excluding carboxylic acids is 3. The van der Waals surface area contributed by atoms with E-state index in [4.69, 9.17) is 0 Å². The van der Waals surface area contributed by atoms with Crippen LogP contribution in [0.3, 0.4) is 0 Å². The van der Waals surface area contributed by atoms with Crippen LogP contribution in [-0.2, 0) is 9.59 Å². The van der Waals surface area contributed by atoms with Crippen molar-refractivity contribution in [2.24, 2.45) is 0 Å². The normalized spacial score (nSPS) is 11.5. The molecular formula is C9H18N4O3. The largest absolute Gasteiger partial charge is 0.348 e. The first-order valence-electron chi connectivity index (χ1n) is 4.84. The first kappa shape index (κ1) is 14.4. The van der Waals surface area contributed by atoms with Crippen molar-refractivity contribution in [1.82, 2.24) is 20.9 Å². The highest BCUT2D eigenvalue weighted by atomic mass is 16.2. The maximum Gasteiger partial charge on any atom is 0.321 e. The van der Waals surface area contributed by atoms with Crippen molar-refractivity contribution in [3.05, 3.63) is 0 Å². The number of nitrogens with zero attached hydrogens (tertiary/aromatic N) is 1. The molecular weight excluding hydrogens is 212 g/mol. The molecule has 7 heteroatoms. The zero-order chi connectivity index (χ0) is 12.7. The molecule has 1 atom stereocenters. The zero-order valence-corrected chi connectivity index (χ0v) is 9.96. The summed E-state index contributed by atoms with van der Waals surface area (Å²) in [5, 5.41) is 7.08. The number of hydrogen-bond donors (Lipinski definition) is 3. The minimum absolute atomic E-state index is 0.0509. The zero-order valence-electron chi connectivity index (χ0n) is 9.96. The van der Waals surface area contributed by atoms with Crippen LogP contribution >= 0.6 is 0 Å². The highest BCUT2D eigenvalue weighted by Crippen LogP contribution is 1.83. The molecule has 0 radical (unpaired) electrons. The standard InChI is InChI=1S/C9H18N4O3/c1-6(8(15)12-9(16)10-2)11-5-7(14)13(3)4/h6,11H,5H2,1-4H3,(H2,10,12,15,16). The summed E-state index contributed by atoms with van der Waals surface area (Å²) in [5.41, 5.74) is 0. The van der Waals surface area contributed by atoms with Gasteiger partial charge < -0.3 is 10.2 Å². The van der Waals surface area contributed by atoms with Crippen LogP contribution < -0.4 is 16.0 Å². The predicted molar refractivity (Wildman–Crippen MR) is 58.8 cm³/mol. The highest BCUT2D eigenvalue weighted by Gasteiger charge is 2.15. The average Bonchev–Trinajstić information content (AvgIpc) is 2.24. The van der Waals surface area contributed by atoms with Gasteiger partial charge in [-0.3, -0.25) is 20.2 Å². The van der Waals surface area contributed by atoms with E-state index < -0.39 is 18.0 Å². The van der Waals surface area contributed by atoms with Crippen LogP contribution in [0.25, 0.3) is 0 Å². The van der Waals surface area contributed by atoms with Crippen LogP contribution in [0.2, 0.25) is 0 Å². The van der Waals surface area contributed by atoms with Gasteiger partial charge in [0.25, 0.3) is 0 Å². The average molecular weight is 230 g/mol. The Labute approximate surface area is 94.6 Å². The van der Waals surface area contributed by atoms with Crippen molar-refractivity contribution in [3.63, 3.8) is 0 Å². The second-order valence-electron chi connectivity index (χ2n) is 3.46. The van der Waals surface area contributed by atoms with E-state index in [9.17, 15) is 14.4 Å². The summed E-state index contributed by atoms with van der Waals surface area (Å²) < 4.78 is 0. The Morgan fingerprint density at radius 1 is 1.25 bits per heavy atom. The molecule has 0 spiro atoms. The fourth-order valence-electron chi connectivity index (χ4n) is 0.774. The quantitative estimate of drug-likeness (QED) is 0.548. The lowest BCUT2D eigenvalue weighted by atomic mass is 10.3. The van der Waals surface area contributed by atoms with Gasteiger partial charge in [-0.05, 0) is 6.92 Å². The second kappa shape index (κ2) is 6.78. The molecule has 0 aliphatic rings. The number of hydrogen-bond acceptors (Lipinski definition) is 4. The maximum atomic E-state index is 11.3. The van der Waals surface area contributed by atoms with Crippen molar-refractivity contribution in [2.45, 2.75) is 13.0 Å². The van der Waals surface area contributed by atoms with Gasteiger partial charge in [-0.1, -0.05) is 0 Å².